The Bertz CT molecular complexity index is 443. The van der Waals surface area contributed by atoms with E-state index in [1.165, 1.54) is 5.56 Å². The van der Waals surface area contributed by atoms with Crippen LogP contribution >= 0.6 is 11.3 Å². The van der Waals surface area contributed by atoms with Gasteiger partial charge in [-0.15, -0.1) is 11.3 Å². The third kappa shape index (κ3) is 1.61. The summed E-state index contributed by atoms with van der Waals surface area (Å²) in [5.74, 6) is 0. The molecule has 2 aromatic rings. The van der Waals surface area contributed by atoms with Gasteiger partial charge in [0.2, 0.25) is 0 Å². The molecular weight excluding hydrogens is 192 g/mol. The zero-order chi connectivity index (χ0) is 9.97. The minimum Gasteiger partial charge on any atom is -0.298 e. The van der Waals surface area contributed by atoms with Crippen molar-refractivity contribution in [1.82, 2.24) is 0 Å². The molecule has 0 aliphatic carbocycles. The maximum atomic E-state index is 10.7. The average Bonchev–Trinajstić information content (AvgIpc) is 2.61. The van der Waals surface area contributed by atoms with Crippen LogP contribution in [0.5, 0.6) is 0 Å². The van der Waals surface area contributed by atoms with Crippen molar-refractivity contribution >= 4 is 17.6 Å². The van der Waals surface area contributed by atoms with Crippen LogP contribution in [0.3, 0.4) is 0 Å². The van der Waals surface area contributed by atoms with Crippen LogP contribution in [0.15, 0.2) is 36.4 Å². The van der Waals surface area contributed by atoms with Gasteiger partial charge in [-0.05, 0) is 18.6 Å². The zero-order valence-corrected chi connectivity index (χ0v) is 8.67. The summed E-state index contributed by atoms with van der Waals surface area (Å²) in [5, 5.41) is 0. The van der Waals surface area contributed by atoms with Crippen LogP contribution in [-0.4, -0.2) is 6.29 Å². The smallest absolute Gasteiger partial charge is 0.151 e. The van der Waals surface area contributed by atoms with Crippen molar-refractivity contribution < 1.29 is 4.79 Å². The number of carbonyl (C=O) groups is 1. The van der Waals surface area contributed by atoms with Crippen LogP contribution in [0.25, 0.3) is 10.4 Å². The predicted molar refractivity (Wildman–Crippen MR) is 59.9 cm³/mol. The van der Waals surface area contributed by atoms with Gasteiger partial charge < -0.3 is 0 Å². The van der Waals surface area contributed by atoms with Crippen molar-refractivity contribution in [2.45, 2.75) is 6.92 Å². The molecule has 1 aromatic carbocycles. The summed E-state index contributed by atoms with van der Waals surface area (Å²) in [6.07, 6.45) is 0.915. The Morgan fingerprint density at radius 3 is 2.50 bits per heavy atom. The van der Waals surface area contributed by atoms with Gasteiger partial charge in [0, 0.05) is 15.3 Å². The van der Waals surface area contributed by atoms with E-state index in [2.05, 4.69) is 12.1 Å². The summed E-state index contributed by atoms with van der Waals surface area (Å²) in [5.41, 5.74) is 1.97. The van der Waals surface area contributed by atoms with Crippen molar-refractivity contribution in [2.24, 2.45) is 0 Å². The van der Waals surface area contributed by atoms with Crippen molar-refractivity contribution in [3.8, 4) is 10.4 Å². The Morgan fingerprint density at radius 1 is 1.21 bits per heavy atom. The minimum absolute atomic E-state index is 0.800. The molecule has 0 radical (unpaired) electrons. The molecule has 2 rings (SSSR count). The molecule has 0 bridgehead atoms. The Morgan fingerprint density at radius 2 is 1.93 bits per heavy atom. The van der Waals surface area contributed by atoms with Gasteiger partial charge in [-0.1, -0.05) is 30.3 Å². The first-order valence-electron chi connectivity index (χ1n) is 4.42. The van der Waals surface area contributed by atoms with E-state index < -0.39 is 0 Å². The normalized spacial score (nSPS) is 10.1. The van der Waals surface area contributed by atoms with Crippen LogP contribution < -0.4 is 0 Å². The van der Waals surface area contributed by atoms with Gasteiger partial charge >= 0.3 is 0 Å². The van der Waals surface area contributed by atoms with Crippen molar-refractivity contribution in [3.05, 3.63) is 46.8 Å². The van der Waals surface area contributed by atoms with Crippen LogP contribution in [0.1, 0.15) is 15.2 Å². The molecule has 0 N–H and O–H groups in total. The molecule has 0 unspecified atom stereocenters. The Labute approximate surface area is 87.0 Å². The van der Waals surface area contributed by atoms with E-state index in [9.17, 15) is 4.79 Å². The third-order valence-corrected chi connectivity index (χ3v) is 3.26. The first-order chi connectivity index (χ1) is 6.81. The van der Waals surface area contributed by atoms with E-state index in [1.54, 1.807) is 11.3 Å². The van der Waals surface area contributed by atoms with Gasteiger partial charge in [-0.2, -0.15) is 0 Å². The van der Waals surface area contributed by atoms with E-state index in [4.69, 9.17) is 0 Å². The molecule has 0 saturated heterocycles. The summed E-state index contributed by atoms with van der Waals surface area (Å²) in [7, 11) is 0. The summed E-state index contributed by atoms with van der Waals surface area (Å²) in [6, 6.07) is 12.1. The SMILES string of the molecule is Cc1sc(-c2ccccc2)cc1C=O. The maximum absolute atomic E-state index is 10.7. The number of aldehydes is 1. The van der Waals surface area contributed by atoms with Crippen molar-refractivity contribution in [3.63, 3.8) is 0 Å². The summed E-state index contributed by atoms with van der Waals surface area (Å²) in [6.45, 7) is 1.97. The standard InChI is InChI=1S/C12H10OS/c1-9-11(8-13)7-12(14-9)10-5-3-2-4-6-10/h2-8H,1H3. The molecule has 1 nitrogen and oxygen atoms in total. The molecule has 0 aliphatic rings. The molecule has 70 valence electrons. The highest BCUT2D eigenvalue weighted by molar-refractivity contribution is 7.15. The second-order valence-electron chi connectivity index (χ2n) is 3.11. The van der Waals surface area contributed by atoms with E-state index in [0.717, 1.165) is 21.6 Å². The largest absolute Gasteiger partial charge is 0.298 e. The first kappa shape index (κ1) is 9.16. The lowest BCUT2D eigenvalue weighted by atomic mass is 10.1. The number of rotatable bonds is 2. The first-order valence-corrected chi connectivity index (χ1v) is 5.24. The molecule has 0 fully saturated rings. The molecular formula is C12H10OS. The van der Waals surface area contributed by atoms with Crippen molar-refractivity contribution in [2.75, 3.05) is 0 Å². The molecule has 0 amide bonds. The van der Waals surface area contributed by atoms with Gasteiger partial charge in [0.25, 0.3) is 0 Å². The number of hydrogen-bond donors (Lipinski definition) is 0. The molecule has 0 saturated carbocycles. The number of aryl methyl sites for hydroxylation is 1. The van der Waals surface area contributed by atoms with E-state index in [1.807, 2.05) is 31.2 Å². The minimum atomic E-state index is 0.800. The quantitative estimate of drug-likeness (QED) is 0.681. The highest BCUT2D eigenvalue weighted by Gasteiger charge is 2.05. The zero-order valence-electron chi connectivity index (χ0n) is 7.86. The van der Waals surface area contributed by atoms with Crippen LogP contribution in [-0.2, 0) is 0 Å². The second kappa shape index (κ2) is 3.76. The van der Waals surface area contributed by atoms with E-state index in [0.29, 0.717) is 0 Å². The average molecular weight is 202 g/mol. The van der Waals surface area contributed by atoms with Gasteiger partial charge in [-0.3, -0.25) is 4.79 Å². The van der Waals surface area contributed by atoms with Gasteiger partial charge in [-0.25, -0.2) is 0 Å². The molecule has 0 spiro atoms. The fraction of sp³-hybridized carbons (Fsp3) is 0.0833. The monoisotopic (exact) mass is 202 g/mol. The number of thiophene rings is 1. The fourth-order valence-electron chi connectivity index (χ4n) is 1.36. The fourth-order valence-corrected chi connectivity index (χ4v) is 2.35. The molecule has 1 heterocycles. The molecule has 0 aliphatic heterocycles. The molecule has 2 heteroatoms. The highest BCUT2D eigenvalue weighted by atomic mass is 32.1. The van der Waals surface area contributed by atoms with Crippen molar-refractivity contribution in [1.29, 1.82) is 0 Å². The number of hydrogen-bond acceptors (Lipinski definition) is 2. The molecule has 0 atom stereocenters. The van der Waals surface area contributed by atoms with Gasteiger partial charge in [0.05, 0.1) is 0 Å². The third-order valence-electron chi connectivity index (χ3n) is 2.14. The van der Waals surface area contributed by atoms with Crippen LogP contribution in [0, 0.1) is 6.92 Å². The lowest BCUT2D eigenvalue weighted by molar-refractivity contribution is 0.112. The lowest BCUT2D eigenvalue weighted by Crippen LogP contribution is -1.74. The number of carbonyl (C=O) groups excluding carboxylic acids is 1. The van der Waals surface area contributed by atoms with Crippen LogP contribution in [0.2, 0.25) is 0 Å². The van der Waals surface area contributed by atoms with Gasteiger partial charge in [0.1, 0.15) is 0 Å². The highest BCUT2D eigenvalue weighted by Crippen LogP contribution is 2.29. The summed E-state index contributed by atoms with van der Waals surface area (Å²) >= 11 is 1.66. The van der Waals surface area contributed by atoms with Crippen LogP contribution in [0.4, 0.5) is 0 Å². The van der Waals surface area contributed by atoms with E-state index in [-0.39, 0.29) is 0 Å². The predicted octanol–water partition coefficient (Wildman–Crippen LogP) is 3.54. The summed E-state index contributed by atoms with van der Waals surface area (Å²) < 4.78 is 0. The Hall–Kier alpha value is -1.41. The second-order valence-corrected chi connectivity index (χ2v) is 4.36. The van der Waals surface area contributed by atoms with Gasteiger partial charge in [0.15, 0.2) is 6.29 Å². The number of benzene rings is 1. The topological polar surface area (TPSA) is 17.1 Å². The lowest BCUT2D eigenvalue weighted by Gasteiger charge is -1.93. The van der Waals surface area contributed by atoms with E-state index >= 15 is 0 Å². The summed E-state index contributed by atoms with van der Waals surface area (Å²) in [4.78, 5) is 12.9. The Kier molecular flexibility index (Phi) is 2.46. The molecule has 14 heavy (non-hydrogen) atoms. The maximum Gasteiger partial charge on any atom is 0.151 e. The molecule has 1 aromatic heterocycles. The Balaban J connectivity index is 2.48.